The number of hydrogen-bond acceptors (Lipinski definition) is 2. The van der Waals surface area contributed by atoms with Crippen molar-refractivity contribution in [3.8, 4) is 11.8 Å². The van der Waals surface area contributed by atoms with Crippen molar-refractivity contribution in [3.63, 3.8) is 0 Å². The molecular weight excluding hydrogens is 256 g/mol. The predicted molar refractivity (Wildman–Crippen MR) is 79.9 cm³/mol. The highest BCUT2D eigenvalue weighted by molar-refractivity contribution is 7.91. The predicted octanol–water partition coefficient (Wildman–Crippen LogP) is 3.78. The normalized spacial score (nSPS) is 12.6. The van der Waals surface area contributed by atoms with Gasteiger partial charge in [0.2, 0.25) is 0 Å². The first-order chi connectivity index (χ1) is 9.01. The van der Waals surface area contributed by atoms with Crippen LogP contribution < -0.4 is 0 Å². The summed E-state index contributed by atoms with van der Waals surface area (Å²) < 4.78 is 23.8. The monoisotopic (exact) mass is 278 g/mol. The minimum Gasteiger partial charge on any atom is -0.224 e. The Morgan fingerprint density at radius 2 is 1.74 bits per heavy atom. The Morgan fingerprint density at radius 1 is 1.11 bits per heavy atom. The van der Waals surface area contributed by atoms with Crippen molar-refractivity contribution in [2.45, 2.75) is 50.8 Å². The summed E-state index contributed by atoms with van der Waals surface area (Å²) in [6, 6.07) is 7.23. The van der Waals surface area contributed by atoms with Crippen LogP contribution in [0.4, 0.5) is 0 Å². The van der Waals surface area contributed by atoms with Gasteiger partial charge in [0, 0.05) is 12.8 Å². The number of hydrogen-bond donors (Lipinski definition) is 0. The highest BCUT2D eigenvalue weighted by Crippen LogP contribution is 2.21. The second-order valence-corrected chi connectivity index (χ2v) is 6.81. The minimum atomic E-state index is -3.10. The van der Waals surface area contributed by atoms with E-state index >= 15 is 0 Å². The maximum atomic E-state index is 11.9. The van der Waals surface area contributed by atoms with Crippen LogP contribution in [0.25, 0.3) is 0 Å². The summed E-state index contributed by atoms with van der Waals surface area (Å²) in [5.74, 6) is 6.73. The molecule has 3 heteroatoms. The van der Waals surface area contributed by atoms with E-state index in [1.165, 1.54) is 0 Å². The van der Waals surface area contributed by atoms with Crippen molar-refractivity contribution >= 4 is 9.84 Å². The summed E-state index contributed by atoms with van der Waals surface area (Å²) in [6.07, 6.45) is 2.34. The molecule has 0 aliphatic carbocycles. The molecule has 0 saturated carbocycles. The fourth-order valence-electron chi connectivity index (χ4n) is 1.86. The van der Waals surface area contributed by atoms with Crippen molar-refractivity contribution in [1.82, 2.24) is 0 Å². The molecule has 0 fully saturated rings. The Balaban J connectivity index is 2.82. The molecule has 1 rings (SSSR count). The van der Waals surface area contributed by atoms with E-state index in [0.29, 0.717) is 17.2 Å². The molecule has 1 aromatic carbocycles. The molecule has 0 N–H and O–H groups in total. The molecule has 0 saturated heterocycles. The molecule has 0 heterocycles. The Labute approximate surface area is 117 Å². The Hall–Kier alpha value is -1.27. The van der Waals surface area contributed by atoms with Gasteiger partial charge in [-0.15, -0.1) is 11.8 Å². The van der Waals surface area contributed by atoms with E-state index in [2.05, 4.69) is 18.8 Å². The van der Waals surface area contributed by atoms with E-state index in [1.807, 2.05) is 26.0 Å². The van der Waals surface area contributed by atoms with Gasteiger partial charge in [-0.2, -0.15) is 0 Å². The van der Waals surface area contributed by atoms with E-state index in [1.54, 1.807) is 12.1 Å². The van der Waals surface area contributed by atoms with Crippen LogP contribution >= 0.6 is 0 Å². The molecule has 0 aromatic heterocycles. The highest BCUT2D eigenvalue weighted by atomic mass is 32.2. The summed E-state index contributed by atoms with van der Waals surface area (Å²) in [7, 11) is -3.10. The van der Waals surface area contributed by atoms with Gasteiger partial charge in [-0.25, -0.2) is 8.42 Å². The van der Waals surface area contributed by atoms with Crippen LogP contribution in [-0.2, 0) is 9.84 Å². The van der Waals surface area contributed by atoms with Gasteiger partial charge in [-0.3, -0.25) is 0 Å². The molecule has 104 valence electrons. The summed E-state index contributed by atoms with van der Waals surface area (Å²) in [5.41, 5.74) is 1.14. The average Bonchev–Trinajstić information content (AvgIpc) is 2.39. The molecule has 1 unspecified atom stereocenters. The SMILES string of the molecule is CCC#CCC(C)c1ccc(S(=O)(=O)CCC)cc1. The summed E-state index contributed by atoms with van der Waals surface area (Å²) in [5, 5.41) is 0. The average molecular weight is 278 g/mol. The molecule has 0 amide bonds. The zero-order valence-corrected chi connectivity index (χ0v) is 12.8. The second-order valence-electron chi connectivity index (χ2n) is 4.70. The third-order valence-corrected chi connectivity index (χ3v) is 4.93. The highest BCUT2D eigenvalue weighted by Gasteiger charge is 2.13. The van der Waals surface area contributed by atoms with Gasteiger partial charge in [-0.1, -0.05) is 32.9 Å². The smallest absolute Gasteiger partial charge is 0.178 e. The molecular formula is C16H22O2S. The van der Waals surface area contributed by atoms with Crippen molar-refractivity contribution in [3.05, 3.63) is 29.8 Å². The molecule has 0 aliphatic rings. The van der Waals surface area contributed by atoms with Crippen molar-refractivity contribution in [1.29, 1.82) is 0 Å². The van der Waals surface area contributed by atoms with Gasteiger partial charge in [0.15, 0.2) is 9.84 Å². The first-order valence-electron chi connectivity index (χ1n) is 6.79. The summed E-state index contributed by atoms with van der Waals surface area (Å²) >= 11 is 0. The van der Waals surface area contributed by atoms with E-state index in [0.717, 1.165) is 18.4 Å². The van der Waals surface area contributed by atoms with Crippen LogP contribution in [0.1, 0.15) is 51.5 Å². The minimum absolute atomic E-state index is 0.212. The van der Waals surface area contributed by atoms with Crippen molar-refractivity contribution in [2.24, 2.45) is 0 Å². The standard InChI is InChI=1S/C16H22O2S/c1-4-6-7-8-14(3)15-9-11-16(12-10-15)19(17,18)13-5-2/h9-12,14H,4-5,8,13H2,1-3H3. The number of rotatable bonds is 5. The Morgan fingerprint density at radius 3 is 2.26 bits per heavy atom. The van der Waals surface area contributed by atoms with Crippen LogP contribution in [0, 0.1) is 11.8 Å². The van der Waals surface area contributed by atoms with E-state index in [9.17, 15) is 8.42 Å². The van der Waals surface area contributed by atoms with E-state index in [-0.39, 0.29) is 5.75 Å². The van der Waals surface area contributed by atoms with Crippen LogP contribution in [0.3, 0.4) is 0 Å². The first-order valence-corrected chi connectivity index (χ1v) is 8.45. The molecule has 0 bridgehead atoms. The van der Waals surface area contributed by atoms with Crippen molar-refractivity contribution < 1.29 is 8.42 Å². The third-order valence-electron chi connectivity index (χ3n) is 2.99. The largest absolute Gasteiger partial charge is 0.224 e. The maximum absolute atomic E-state index is 11.9. The Kier molecular flexibility index (Phi) is 6.11. The molecule has 1 atom stereocenters. The quantitative estimate of drug-likeness (QED) is 0.768. The second kappa shape index (κ2) is 7.35. The zero-order valence-electron chi connectivity index (χ0n) is 11.9. The number of benzene rings is 1. The van der Waals surface area contributed by atoms with E-state index < -0.39 is 9.84 Å². The van der Waals surface area contributed by atoms with Gasteiger partial charge < -0.3 is 0 Å². The van der Waals surface area contributed by atoms with Gasteiger partial charge in [-0.05, 0) is 30.0 Å². The topological polar surface area (TPSA) is 34.1 Å². The van der Waals surface area contributed by atoms with Crippen molar-refractivity contribution in [2.75, 3.05) is 5.75 Å². The Bertz CT molecular complexity index is 545. The molecule has 2 nitrogen and oxygen atoms in total. The van der Waals surface area contributed by atoms with Gasteiger partial charge >= 0.3 is 0 Å². The van der Waals surface area contributed by atoms with Crippen LogP contribution in [-0.4, -0.2) is 14.2 Å². The van der Waals surface area contributed by atoms with E-state index in [4.69, 9.17) is 0 Å². The zero-order chi connectivity index (χ0) is 14.3. The molecule has 0 spiro atoms. The lowest BCUT2D eigenvalue weighted by atomic mass is 9.98. The maximum Gasteiger partial charge on any atom is 0.178 e. The van der Waals surface area contributed by atoms with Gasteiger partial charge in [0.1, 0.15) is 0 Å². The third kappa shape index (κ3) is 4.72. The molecule has 1 aromatic rings. The summed E-state index contributed by atoms with van der Waals surface area (Å²) in [6.45, 7) is 6.02. The van der Waals surface area contributed by atoms with Crippen LogP contribution in [0.15, 0.2) is 29.2 Å². The van der Waals surface area contributed by atoms with Crippen LogP contribution in [0.2, 0.25) is 0 Å². The van der Waals surface area contributed by atoms with Gasteiger partial charge in [0.25, 0.3) is 0 Å². The van der Waals surface area contributed by atoms with Crippen LogP contribution in [0.5, 0.6) is 0 Å². The number of sulfone groups is 1. The molecule has 0 radical (unpaired) electrons. The lowest BCUT2D eigenvalue weighted by molar-refractivity contribution is 0.594. The lowest BCUT2D eigenvalue weighted by Crippen LogP contribution is -2.06. The summed E-state index contributed by atoms with van der Waals surface area (Å²) in [4.78, 5) is 0.421. The molecule has 0 aliphatic heterocycles. The lowest BCUT2D eigenvalue weighted by Gasteiger charge is -2.09. The molecule has 19 heavy (non-hydrogen) atoms. The fraction of sp³-hybridized carbons (Fsp3) is 0.500. The van der Waals surface area contributed by atoms with Gasteiger partial charge in [0.05, 0.1) is 10.6 Å². The first kappa shape index (κ1) is 15.8. The fourth-order valence-corrected chi connectivity index (χ4v) is 3.18.